The lowest BCUT2D eigenvalue weighted by Gasteiger charge is -2.27. The summed E-state index contributed by atoms with van der Waals surface area (Å²) < 4.78 is 0. The number of carbonyl (C=O) groups excluding carboxylic acids is 2. The molecule has 1 aromatic rings. The molecule has 0 aliphatic carbocycles. The lowest BCUT2D eigenvalue weighted by atomic mass is 10.1. The van der Waals surface area contributed by atoms with Crippen LogP contribution in [0.1, 0.15) is 41.0 Å². The van der Waals surface area contributed by atoms with Gasteiger partial charge in [-0.15, -0.1) is 0 Å². The van der Waals surface area contributed by atoms with E-state index in [0.29, 0.717) is 11.1 Å². The molecule has 1 aliphatic rings. The first kappa shape index (κ1) is 11.8. The van der Waals surface area contributed by atoms with Gasteiger partial charge >= 0.3 is 0 Å². The Morgan fingerprint density at radius 2 is 1.65 bits per heavy atom. The summed E-state index contributed by atoms with van der Waals surface area (Å²) in [5.74, 6) is -0.469. The van der Waals surface area contributed by atoms with Crippen LogP contribution in [0.15, 0.2) is 24.3 Å². The van der Waals surface area contributed by atoms with E-state index in [2.05, 4.69) is 0 Å². The van der Waals surface area contributed by atoms with E-state index >= 15 is 0 Å². The van der Waals surface area contributed by atoms with E-state index in [-0.39, 0.29) is 23.9 Å². The van der Waals surface area contributed by atoms with Crippen molar-refractivity contribution in [1.82, 2.24) is 4.90 Å². The van der Waals surface area contributed by atoms with Gasteiger partial charge in [0.1, 0.15) is 0 Å². The molecule has 1 aliphatic heterocycles. The molecule has 0 fully saturated rings. The Balaban J connectivity index is 2.36. The Hall–Kier alpha value is -1.68. The maximum absolute atomic E-state index is 12.1. The lowest BCUT2D eigenvalue weighted by Crippen LogP contribution is -2.48. The van der Waals surface area contributed by atoms with Crippen molar-refractivity contribution in [3.8, 4) is 0 Å². The van der Waals surface area contributed by atoms with Crippen LogP contribution in [-0.2, 0) is 0 Å². The molecular weight excluding hydrogens is 216 g/mol. The van der Waals surface area contributed by atoms with E-state index in [4.69, 9.17) is 5.73 Å². The second-order valence-corrected chi connectivity index (χ2v) is 4.34. The first-order chi connectivity index (χ1) is 8.07. The average molecular weight is 232 g/mol. The summed E-state index contributed by atoms with van der Waals surface area (Å²) >= 11 is 0. The molecule has 4 nitrogen and oxygen atoms in total. The maximum Gasteiger partial charge on any atom is 0.261 e. The highest BCUT2D eigenvalue weighted by molar-refractivity contribution is 6.21. The molecule has 90 valence electrons. The number of hydrogen-bond acceptors (Lipinski definition) is 3. The summed E-state index contributed by atoms with van der Waals surface area (Å²) in [4.78, 5) is 25.5. The Morgan fingerprint density at radius 1 is 1.18 bits per heavy atom. The van der Waals surface area contributed by atoms with Gasteiger partial charge in [0.05, 0.1) is 17.2 Å². The van der Waals surface area contributed by atoms with Crippen molar-refractivity contribution in [1.29, 1.82) is 0 Å². The lowest BCUT2D eigenvalue weighted by molar-refractivity contribution is 0.0574. The van der Waals surface area contributed by atoms with Crippen molar-refractivity contribution in [3.05, 3.63) is 35.4 Å². The Kier molecular flexibility index (Phi) is 2.98. The van der Waals surface area contributed by atoms with Gasteiger partial charge in [0.25, 0.3) is 11.8 Å². The van der Waals surface area contributed by atoms with Crippen LogP contribution >= 0.6 is 0 Å². The number of hydrogen-bond donors (Lipinski definition) is 1. The third kappa shape index (κ3) is 1.74. The third-order valence-electron chi connectivity index (χ3n) is 3.32. The quantitative estimate of drug-likeness (QED) is 0.801. The van der Waals surface area contributed by atoms with E-state index in [9.17, 15) is 9.59 Å². The van der Waals surface area contributed by atoms with Crippen LogP contribution in [0.25, 0.3) is 0 Å². The van der Waals surface area contributed by atoms with Crippen molar-refractivity contribution in [2.45, 2.75) is 32.4 Å². The molecule has 0 saturated heterocycles. The van der Waals surface area contributed by atoms with Crippen molar-refractivity contribution in [2.24, 2.45) is 5.73 Å². The highest BCUT2D eigenvalue weighted by Gasteiger charge is 2.39. The predicted molar refractivity (Wildman–Crippen MR) is 64.7 cm³/mol. The highest BCUT2D eigenvalue weighted by atomic mass is 16.2. The van der Waals surface area contributed by atoms with Gasteiger partial charge in [-0.3, -0.25) is 14.5 Å². The van der Waals surface area contributed by atoms with Crippen LogP contribution in [0.3, 0.4) is 0 Å². The van der Waals surface area contributed by atoms with Gasteiger partial charge in [-0.05, 0) is 25.5 Å². The predicted octanol–water partition coefficient (Wildman–Crippen LogP) is 1.41. The van der Waals surface area contributed by atoms with Gasteiger partial charge < -0.3 is 5.73 Å². The number of carbonyl (C=O) groups is 2. The fraction of sp³-hybridized carbons (Fsp3) is 0.385. The number of fused-ring (bicyclic) bond motifs is 1. The number of nitrogens with zero attached hydrogens (tertiary/aromatic N) is 1. The molecule has 2 amide bonds. The van der Waals surface area contributed by atoms with Crippen LogP contribution < -0.4 is 5.73 Å². The number of nitrogens with two attached hydrogens (primary N) is 1. The largest absolute Gasteiger partial charge is 0.326 e. The van der Waals surface area contributed by atoms with E-state index in [1.807, 2.05) is 13.8 Å². The molecule has 0 bridgehead atoms. The van der Waals surface area contributed by atoms with Crippen LogP contribution in [0.4, 0.5) is 0 Å². The summed E-state index contributed by atoms with van der Waals surface area (Å²) in [5, 5.41) is 0. The minimum absolute atomic E-state index is 0.183. The van der Waals surface area contributed by atoms with Crippen molar-refractivity contribution in [3.63, 3.8) is 0 Å². The van der Waals surface area contributed by atoms with Crippen molar-refractivity contribution < 1.29 is 9.59 Å². The van der Waals surface area contributed by atoms with E-state index in [1.54, 1.807) is 24.3 Å². The molecule has 0 radical (unpaired) electrons. The summed E-state index contributed by atoms with van der Waals surface area (Å²) in [6.07, 6.45) is 0.731. The second-order valence-electron chi connectivity index (χ2n) is 4.34. The fourth-order valence-corrected chi connectivity index (χ4v) is 2.11. The zero-order valence-electron chi connectivity index (χ0n) is 10.0. The van der Waals surface area contributed by atoms with E-state index in [0.717, 1.165) is 6.42 Å². The number of rotatable bonds is 3. The zero-order valence-corrected chi connectivity index (χ0v) is 10.0. The Bertz CT molecular complexity index is 435. The second kappa shape index (κ2) is 4.30. The average Bonchev–Trinajstić information content (AvgIpc) is 2.61. The van der Waals surface area contributed by atoms with Crippen LogP contribution in [0, 0.1) is 0 Å². The van der Waals surface area contributed by atoms with Gasteiger partial charge in [-0.2, -0.15) is 0 Å². The molecule has 2 N–H and O–H groups in total. The molecule has 1 heterocycles. The minimum Gasteiger partial charge on any atom is -0.326 e. The third-order valence-corrected chi connectivity index (χ3v) is 3.32. The van der Waals surface area contributed by atoms with E-state index in [1.165, 1.54) is 4.90 Å². The molecule has 2 atom stereocenters. The molecular formula is C13H16N2O2. The van der Waals surface area contributed by atoms with Crippen LogP contribution in [0.2, 0.25) is 0 Å². The molecule has 2 rings (SSSR count). The monoisotopic (exact) mass is 232 g/mol. The minimum atomic E-state index is -0.271. The van der Waals surface area contributed by atoms with Crippen LogP contribution in [0.5, 0.6) is 0 Å². The van der Waals surface area contributed by atoms with Crippen LogP contribution in [-0.4, -0.2) is 28.8 Å². The van der Waals surface area contributed by atoms with Gasteiger partial charge in [-0.1, -0.05) is 19.1 Å². The number of imide groups is 1. The molecule has 0 aromatic heterocycles. The first-order valence-electron chi connectivity index (χ1n) is 5.80. The Labute approximate surface area is 100 Å². The smallest absolute Gasteiger partial charge is 0.261 e. The van der Waals surface area contributed by atoms with Crippen molar-refractivity contribution in [2.75, 3.05) is 0 Å². The molecule has 17 heavy (non-hydrogen) atoms. The standard InChI is InChI=1S/C13H16N2O2/c1-3-11(14)8(2)15-12(16)9-6-4-5-7-10(9)13(15)17/h4-8,11H,3,14H2,1-2H3/t8-,11+/m0/s1. The normalized spacial score (nSPS) is 18.2. The van der Waals surface area contributed by atoms with Crippen molar-refractivity contribution >= 4 is 11.8 Å². The number of benzene rings is 1. The molecule has 0 spiro atoms. The van der Waals surface area contributed by atoms with Gasteiger partial charge in [0.2, 0.25) is 0 Å². The summed E-state index contributed by atoms with van der Waals surface area (Å²) in [5.41, 5.74) is 6.87. The summed E-state index contributed by atoms with van der Waals surface area (Å²) in [7, 11) is 0. The van der Waals surface area contributed by atoms with Gasteiger partial charge in [-0.25, -0.2) is 0 Å². The molecule has 0 saturated carbocycles. The van der Waals surface area contributed by atoms with E-state index < -0.39 is 0 Å². The maximum atomic E-state index is 12.1. The fourth-order valence-electron chi connectivity index (χ4n) is 2.11. The highest BCUT2D eigenvalue weighted by Crippen LogP contribution is 2.25. The first-order valence-corrected chi connectivity index (χ1v) is 5.80. The zero-order chi connectivity index (χ0) is 12.6. The SMILES string of the molecule is CC[C@@H](N)[C@H](C)N1C(=O)c2ccccc2C1=O. The Morgan fingerprint density at radius 3 is 2.06 bits per heavy atom. The molecule has 4 heteroatoms. The topological polar surface area (TPSA) is 63.4 Å². The molecule has 1 aromatic carbocycles. The van der Waals surface area contributed by atoms with Gasteiger partial charge in [0, 0.05) is 6.04 Å². The van der Waals surface area contributed by atoms with Gasteiger partial charge in [0.15, 0.2) is 0 Å². The summed E-state index contributed by atoms with van der Waals surface area (Å²) in [6.45, 7) is 3.76. The number of amides is 2. The summed E-state index contributed by atoms with van der Waals surface area (Å²) in [6, 6.07) is 6.43. The molecule has 0 unspecified atom stereocenters.